The molecule has 0 saturated heterocycles. The number of esters is 1. The number of hydrogen-bond acceptors (Lipinski definition) is 3. The Morgan fingerprint density at radius 1 is 1.33 bits per heavy atom. The van der Waals surface area contributed by atoms with E-state index in [-0.39, 0.29) is 5.97 Å². The van der Waals surface area contributed by atoms with Crippen LogP contribution < -0.4 is 5.32 Å². The summed E-state index contributed by atoms with van der Waals surface area (Å²) in [6.07, 6.45) is 9.73. The monoisotopic (exact) mass is 255 g/mol. The van der Waals surface area contributed by atoms with E-state index in [2.05, 4.69) is 19.2 Å². The first-order chi connectivity index (χ1) is 8.76. The van der Waals surface area contributed by atoms with Crippen LogP contribution in [0.4, 0.5) is 0 Å². The van der Waals surface area contributed by atoms with E-state index in [4.69, 9.17) is 4.74 Å². The lowest BCUT2D eigenvalue weighted by atomic mass is 10.0. The quantitative estimate of drug-likeness (QED) is 0.643. The lowest BCUT2D eigenvalue weighted by molar-refractivity contribution is -0.144. The highest BCUT2D eigenvalue weighted by molar-refractivity contribution is 5.71. The molecule has 1 aliphatic carbocycles. The first-order valence-electron chi connectivity index (χ1n) is 7.65. The smallest absolute Gasteiger partial charge is 0.319 e. The van der Waals surface area contributed by atoms with Crippen molar-refractivity contribution in [1.82, 2.24) is 5.32 Å². The van der Waals surface area contributed by atoms with Gasteiger partial charge >= 0.3 is 5.97 Å². The average Bonchev–Trinajstić information content (AvgIpc) is 2.89. The molecule has 3 nitrogen and oxygen atoms in total. The average molecular weight is 255 g/mol. The molecular weight excluding hydrogens is 226 g/mol. The summed E-state index contributed by atoms with van der Waals surface area (Å²) in [6, 6.07) is 0.541. The highest BCUT2D eigenvalue weighted by atomic mass is 16.5. The molecule has 0 radical (unpaired) electrons. The zero-order valence-electron chi connectivity index (χ0n) is 12.0. The summed E-state index contributed by atoms with van der Waals surface area (Å²) < 4.78 is 5.35. The number of rotatable bonds is 9. The van der Waals surface area contributed by atoms with Crippen molar-refractivity contribution in [2.45, 2.75) is 71.3 Å². The lowest BCUT2D eigenvalue weighted by Crippen LogP contribution is -2.33. The summed E-state index contributed by atoms with van der Waals surface area (Å²) in [5, 5.41) is 3.29. The predicted octanol–water partition coefficient (Wildman–Crippen LogP) is 3.28. The largest absolute Gasteiger partial charge is 0.464 e. The molecule has 1 saturated carbocycles. The minimum Gasteiger partial charge on any atom is -0.464 e. The van der Waals surface area contributed by atoms with Gasteiger partial charge in [-0.2, -0.15) is 0 Å². The fourth-order valence-electron chi connectivity index (χ4n) is 2.52. The summed E-state index contributed by atoms with van der Waals surface area (Å²) in [5.74, 6) is 0.456. The van der Waals surface area contributed by atoms with Gasteiger partial charge in [0, 0.05) is 6.04 Å². The van der Waals surface area contributed by atoms with E-state index in [9.17, 15) is 4.79 Å². The maximum absolute atomic E-state index is 11.6. The van der Waals surface area contributed by atoms with Crippen LogP contribution >= 0.6 is 0 Å². The Balaban J connectivity index is 2.06. The van der Waals surface area contributed by atoms with Crippen LogP contribution in [0.1, 0.15) is 65.2 Å². The van der Waals surface area contributed by atoms with E-state index in [0.29, 0.717) is 25.1 Å². The fraction of sp³-hybridized carbons (Fsp3) is 0.933. The first-order valence-corrected chi connectivity index (χ1v) is 7.65. The van der Waals surface area contributed by atoms with Crippen molar-refractivity contribution in [3.8, 4) is 0 Å². The van der Waals surface area contributed by atoms with Crippen LogP contribution in [0.2, 0.25) is 0 Å². The molecule has 0 aliphatic heterocycles. The maximum Gasteiger partial charge on any atom is 0.319 e. The van der Waals surface area contributed by atoms with Crippen molar-refractivity contribution in [2.24, 2.45) is 5.92 Å². The van der Waals surface area contributed by atoms with Gasteiger partial charge in [0.15, 0.2) is 0 Å². The summed E-state index contributed by atoms with van der Waals surface area (Å²) >= 11 is 0. The zero-order chi connectivity index (χ0) is 13.2. The van der Waals surface area contributed by atoms with Crippen LogP contribution in [-0.4, -0.2) is 25.2 Å². The molecule has 0 aromatic heterocycles. The molecule has 1 rings (SSSR count). The van der Waals surface area contributed by atoms with E-state index in [1.807, 2.05) is 0 Å². The van der Waals surface area contributed by atoms with Gasteiger partial charge in [0.2, 0.25) is 0 Å². The van der Waals surface area contributed by atoms with Gasteiger partial charge in [-0.25, -0.2) is 0 Å². The third-order valence-electron chi connectivity index (χ3n) is 3.91. The van der Waals surface area contributed by atoms with Crippen molar-refractivity contribution < 1.29 is 9.53 Å². The molecule has 1 N–H and O–H groups in total. The second-order valence-corrected chi connectivity index (χ2v) is 5.46. The number of carbonyl (C=O) groups is 1. The fourth-order valence-corrected chi connectivity index (χ4v) is 2.52. The minimum absolute atomic E-state index is 0.0863. The summed E-state index contributed by atoms with van der Waals surface area (Å²) in [6.45, 7) is 5.35. The molecule has 1 atom stereocenters. The normalized spacial score (nSPS) is 17.9. The van der Waals surface area contributed by atoms with Crippen LogP contribution in [0.5, 0.6) is 0 Å². The predicted molar refractivity (Wildman–Crippen MR) is 74.5 cm³/mol. The topological polar surface area (TPSA) is 38.3 Å². The third kappa shape index (κ3) is 6.39. The van der Waals surface area contributed by atoms with Crippen molar-refractivity contribution in [3.05, 3.63) is 0 Å². The van der Waals surface area contributed by atoms with Crippen LogP contribution in [0.3, 0.4) is 0 Å². The van der Waals surface area contributed by atoms with Gasteiger partial charge in [0.1, 0.15) is 0 Å². The minimum atomic E-state index is -0.0863. The van der Waals surface area contributed by atoms with E-state index >= 15 is 0 Å². The third-order valence-corrected chi connectivity index (χ3v) is 3.91. The summed E-state index contributed by atoms with van der Waals surface area (Å²) in [7, 11) is 0. The van der Waals surface area contributed by atoms with Crippen molar-refractivity contribution >= 4 is 5.97 Å². The van der Waals surface area contributed by atoms with Gasteiger partial charge in [0.05, 0.1) is 13.2 Å². The first kappa shape index (κ1) is 15.5. The molecular formula is C15H29NO2. The Hall–Kier alpha value is -0.570. The Kier molecular flexibility index (Phi) is 8.06. The van der Waals surface area contributed by atoms with Crippen LogP contribution in [0.15, 0.2) is 0 Å². The molecule has 0 aromatic carbocycles. The van der Waals surface area contributed by atoms with E-state index in [0.717, 1.165) is 6.42 Å². The molecule has 18 heavy (non-hydrogen) atoms. The Labute approximate surface area is 112 Å². The van der Waals surface area contributed by atoms with Crippen LogP contribution in [0.25, 0.3) is 0 Å². The SMILES string of the molecule is CCCCC(CC)COC(=O)CNC1CCCC1. The Morgan fingerprint density at radius 2 is 2.06 bits per heavy atom. The second kappa shape index (κ2) is 9.37. The molecule has 3 heteroatoms. The van der Waals surface area contributed by atoms with Gasteiger partial charge in [0.25, 0.3) is 0 Å². The molecule has 0 spiro atoms. The van der Waals surface area contributed by atoms with Gasteiger partial charge in [-0.15, -0.1) is 0 Å². The standard InChI is InChI=1S/C15H29NO2/c1-3-5-8-13(4-2)12-18-15(17)11-16-14-9-6-7-10-14/h13-14,16H,3-12H2,1-2H3. The van der Waals surface area contributed by atoms with Crippen molar-refractivity contribution in [3.63, 3.8) is 0 Å². The molecule has 0 aromatic rings. The summed E-state index contributed by atoms with van der Waals surface area (Å²) in [4.78, 5) is 11.6. The highest BCUT2D eigenvalue weighted by Gasteiger charge is 2.16. The van der Waals surface area contributed by atoms with E-state index in [1.54, 1.807) is 0 Å². The van der Waals surface area contributed by atoms with Crippen LogP contribution in [0, 0.1) is 5.92 Å². The number of hydrogen-bond donors (Lipinski definition) is 1. The van der Waals surface area contributed by atoms with Crippen molar-refractivity contribution in [2.75, 3.05) is 13.2 Å². The lowest BCUT2D eigenvalue weighted by Gasteiger charge is -2.16. The van der Waals surface area contributed by atoms with Gasteiger partial charge in [-0.05, 0) is 25.2 Å². The number of unbranched alkanes of at least 4 members (excludes halogenated alkanes) is 1. The van der Waals surface area contributed by atoms with Gasteiger partial charge in [-0.1, -0.05) is 46.0 Å². The van der Waals surface area contributed by atoms with E-state index in [1.165, 1.54) is 44.9 Å². The van der Waals surface area contributed by atoms with Crippen LogP contribution in [-0.2, 0) is 9.53 Å². The second-order valence-electron chi connectivity index (χ2n) is 5.46. The zero-order valence-corrected chi connectivity index (χ0v) is 12.0. The highest BCUT2D eigenvalue weighted by Crippen LogP contribution is 2.17. The molecule has 1 aliphatic rings. The van der Waals surface area contributed by atoms with Gasteiger partial charge < -0.3 is 10.1 Å². The molecule has 0 heterocycles. The maximum atomic E-state index is 11.6. The van der Waals surface area contributed by atoms with E-state index < -0.39 is 0 Å². The van der Waals surface area contributed by atoms with Gasteiger partial charge in [-0.3, -0.25) is 4.79 Å². The summed E-state index contributed by atoms with van der Waals surface area (Å²) in [5.41, 5.74) is 0. The molecule has 1 unspecified atom stereocenters. The molecule has 1 fully saturated rings. The Morgan fingerprint density at radius 3 is 2.67 bits per heavy atom. The molecule has 0 bridgehead atoms. The Bertz CT molecular complexity index is 225. The number of carbonyl (C=O) groups excluding carboxylic acids is 1. The number of ether oxygens (including phenoxy) is 1. The molecule has 106 valence electrons. The molecule has 0 amide bonds. The number of nitrogens with one attached hydrogen (secondary N) is 1. The van der Waals surface area contributed by atoms with Crippen molar-refractivity contribution in [1.29, 1.82) is 0 Å².